The summed E-state index contributed by atoms with van der Waals surface area (Å²) in [6, 6.07) is 4.43. The SMILES string of the molecule is COC(=O)c1ccc(OP=O)c(OC)c1. The molecule has 0 bridgehead atoms. The molecule has 0 saturated heterocycles. The van der Waals surface area contributed by atoms with Crippen LogP contribution in [0.1, 0.15) is 10.4 Å². The fourth-order valence-corrected chi connectivity index (χ4v) is 1.26. The van der Waals surface area contributed by atoms with Crippen LogP contribution in [0.25, 0.3) is 0 Å². The van der Waals surface area contributed by atoms with Crippen molar-refractivity contribution in [3.8, 4) is 11.5 Å². The molecule has 0 radical (unpaired) electrons. The molecule has 0 atom stereocenters. The molecule has 15 heavy (non-hydrogen) atoms. The highest BCUT2D eigenvalue weighted by Crippen LogP contribution is 2.30. The van der Waals surface area contributed by atoms with E-state index >= 15 is 0 Å². The minimum absolute atomic E-state index is 0.293. The number of benzene rings is 1. The first-order chi connectivity index (χ1) is 7.22. The highest BCUT2D eigenvalue weighted by Gasteiger charge is 2.11. The van der Waals surface area contributed by atoms with Gasteiger partial charge in [0.25, 0.3) is 0 Å². The van der Waals surface area contributed by atoms with Crippen LogP contribution in [0.3, 0.4) is 0 Å². The first-order valence-corrected chi connectivity index (χ1v) is 4.72. The Hall–Kier alpha value is -1.61. The van der Waals surface area contributed by atoms with Crippen molar-refractivity contribution in [3.05, 3.63) is 23.8 Å². The van der Waals surface area contributed by atoms with Crippen LogP contribution in [-0.2, 0) is 9.30 Å². The fraction of sp³-hybridized carbons (Fsp3) is 0.222. The highest BCUT2D eigenvalue weighted by molar-refractivity contribution is 7.17. The van der Waals surface area contributed by atoms with Gasteiger partial charge in [-0.1, -0.05) is 0 Å². The Morgan fingerprint density at radius 2 is 2.00 bits per heavy atom. The van der Waals surface area contributed by atoms with E-state index in [1.54, 1.807) is 0 Å². The monoisotopic (exact) mass is 228 g/mol. The number of carbonyl (C=O) groups is 1. The smallest absolute Gasteiger partial charge is 0.395 e. The molecular formula is C9H9O5P. The molecule has 0 aliphatic rings. The molecule has 0 aliphatic carbocycles. The summed E-state index contributed by atoms with van der Waals surface area (Å²) in [5.74, 6) is 0.141. The van der Waals surface area contributed by atoms with Crippen molar-refractivity contribution in [3.63, 3.8) is 0 Å². The molecule has 0 fully saturated rings. The minimum atomic E-state index is -0.481. The molecule has 0 saturated carbocycles. The van der Waals surface area contributed by atoms with Crippen molar-refractivity contribution in [2.75, 3.05) is 14.2 Å². The van der Waals surface area contributed by atoms with Gasteiger partial charge in [-0.25, -0.2) is 9.36 Å². The quantitative estimate of drug-likeness (QED) is 0.583. The van der Waals surface area contributed by atoms with Gasteiger partial charge in [0.15, 0.2) is 11.5 Å². The summed E-state index contributed by atoms with van der Waals surface area (Å²) in [4.78, 5) is 11.2. The molecule has 80 valence electrons. The lowest BCUT2D eigenvalue weighted by atomic mass is 10.2. The number of methoxy groups -OCH3 is 2. The van der Waals surface area contributed by atoms with E-state index in [1.807, 2.05) is 0 Å². The van der Waals surface area contributed by atoms with Crippen LogP contribution in [0.5, 0.6) is 11.5 Å². The van der Waals surface area contributed by atoms with Crippen molar-refractivity contribution in [1.29, 1.82) is 0 Å². The third-order valence-corrected chi connectivity index (χ3v) is 1.99. The summed E-state index contributed by atoms with van der Waals surface area (Å²) in [6.07, 6.45) is 0. The van der Waals surface area contributed by atoms with Crippen molar-refractivity contribution < 1.29 is 23.4 Å². The zero-order valence-electron chi connectivity index (χ0n) is 8.22. The molecule has 0 N–H and O–H groups in total. The number of esters is 1. The molecule has 0 spiro atoms. The van der Waals surface area contributed by atoms with E-state index < -0.39 is 14.7 Å². The predicted octanol–water partition coefficient (Wildman–Crippen LogP) is 2.07. The van der Waals surface area contributed by atoms with Gasteiger partial charge < -0.3 is 14.0 Å². The largest absolute Gasteiger partial charge is 0.493 e. The lowest BCUT2D eigenvalue weighted by molar-refractivity contribution is 0.0600. The molecule has 5 nitrogen and oxygen atoms in total. The maximum absolute atomic E-state index is 11.2. The summed E-state index contributed by atoms with van der Waals surface area (Å²) in [7, 11) is 2.23. The third-order valence-electron chi connectivity index (χ3n) is 1.72. The summed E-state index contributed by atoms with van der Waals surface area (Å²) in [6.45, 7) is 0. The Balaban J connectivity index is 3.06. The standard InChI is InChI=1S/C9H9O5P/c1-12-8-5-6(9(10)13-2)3-4-7(8)14-15-11/h3-5H,1-2H3. The van der Waals surface area contributed by atoms with Crippen LogP contribution < -0.4 is 9.26 Å². The van der Waals surface area contributed by atoms with E-state index in [-0.39, 0.29) is 0 Å². The summed E-state index contributed by atoms with van der Waals surface area (Å²) >= 11 is 0. The summed E-state index contributed by atoms with van der Waals surface area (Å²) in [5, 5.41) is 0. The van der Waals surface area contributed by atoms with Crippen molar-refractivity contribution >= 4 is 14.7 Å². The van der Waals surface area contributed by atoms with Crippen LogP contribution in [0, 0.1) is 0 Å². The van der Waals surface area contributed by atoms with Gasteiger partial charge >= 0.3 is 14.7 Å². The molecule has 1 aromatic rings. The predicted molar refractivity (Wildman–Crippen MR) is 52.6 cm³/mol. The van der Waals surface area contributed by atoms with Crippen molar-refractivity contribution in [2.24, 2.45) is 0 Å². The molecule has 1 rings (SSSR count). The Bertz CT molecular complexity index is 377. The van der Waals surface area contributed by atoms with Crippen LogP contribution in [0.2, 0.25) is 0 Å². The van der Waals surface area contributed by atoms with E-state index in [4.69, 9.17) is 9.26 Å². The van der Waals surface area contributed by atoms with Crippen LogP contribution in [-0.4, -0.2) is 20.2 Å². The molecule has 0 aromatic heterocycles. The Morgan fingerprint density at radius 3 is 2.53 bits per heavy atom. The van der Waals surface area contributed by atoms with Crippen LogP contribution in [0.15, 0.2) is 18.2 Å². The Kier molecular flexibility index (Phi) is 4.06. The maximum Gasteiger partial charge on any atom is 0.395 e. The first-order valence-electron chi connectivity index (χ1n) is 3.99. The van der Waals surface area contributed by atoms with Gasteiger partial charge in [0.1, 0.15) is 0 Å². The van der Waals surface area contributed by atoms with Crippen LogP contribution in [0.4, 0.5) is 0 Å². The van der Waals surface area contributed by atoms with Gasteiger partial charge in [-0.3, -0.25) is 0 Å². The number of hydrogen-bond donors (Lipinski definition) is 0. The number of ether oxygens (including phenoxy) is 2. The van der Waals surface area contributed by atoms with Gasteiger partial charge in [0.05, 0.1) is 19.8 Å². The number of rotatable bonds is 4. The zero-order chi connectivity index (χ0) is 11.3. The summed E-state index contributed by atoms with van der Waals surface area (Å²) in [5.41, 5.74) is 0.337. The second-order valence-corrected chi connectivity index (χ2v) is 2.85. The Labute approximate surface area is 88.2 Å². The average molecular weight is 228 g/mol. The maximum atomic E-state index is 11.2. The minimum Gasteiger partial charge on any atom is -0.493 e. The van der Waals surface area contributed by atoms with E-state index in [0.717, 1.165) is 0 Å². The topological polar surface area (TPSA) is 61.8 Å². The molecule has 0 amide bonds. The van der Waals surface area contributed by atoms with E-state index in [1.165, 1.54) is 32.4 Å². The van der Waals surface area contributed by atoms with Gasteiger partial charge in [0, 0.05) is 0 Å². The molecule has 0 heterocycles. The van der Waals surface area contributed by atoms with Crippen molar-refractivity contribution in [1.82, 2.24) is 0 Å². The second kappa shape index (κ2) is 5.32. The number of hydrogen-bond acceptors (Lipinski definition) is 5. The van der Waals surface area contributed by atoms with Gasteiger partial charge in [-0.2, -0.15) is 0 Å². The van der Waals surface area contributed by atoms with E-state index in [0.29, 0.717) is 17.1 Å². The second-order valence-electron chi connectivity index (χ2n) is 2.52. The average Bonchev–Trinajstić information content (AvgIpc) is 2.29. The first kappa shape index (κ1) is 11.5. The molecule has 6 heteroatoms. The molecule has 1 aromatic carbocycles. The zero-order valence-corrected chi connectivity index (χ0v) is 9.11. The molecule has 0 aliphatic heterocycles. The molecular weight excluding hydrogens is 219 g/mol. The highest BCUT2D eigenvalue weighted by atomic mass is 31.1. The van der Waals surface area contributed by atoms with Gasteiger partial charge in [-0.15, -0.1) is 0 Å². The molecule has 0 unspecified atom stereocenters. The van der Waals surface area contributed by atoms with Crippen LogP contribution >= 0.6 is 8.69 Å². The van der Waals surface area contributed by atoms with Crippen molar-refractivity contribution in [2.45, 2.75) is 0 Å². The normalized spacial score (nSPS) is 9.73. The lowest BCUT2D eigenvalue weighted by Gasteiger charge is -2.06. The summed E-state index contributed by atoms with van der Waals surface area (Å²) < 4.78 is 24.5. The van der Waals surface area contributed by atoms with Gasteiger partial charge in [0.2, 0.25) is 0 Å². The number of carbonyl (C=O) groups excluding carboxylic acids is 1. The third kappa shape index (κ3) is 2.67. The van der Waals surface area contributed by atoms with E-state index in [2.05, 4.69) is 4.74 Å². The Morgan fingerprint density at radius 1 is 1.27 bits per heavy atom. The fourth-order valence-electron chi connectivity index (χ4n) is 1.03. The van der Waals surface area contributed by atoms with Gasteiger partial charge in [-0.05, 0) is 18.2 Å². The van der Waals surface area contributed by atoms with E-state index in [9.17, 15) is 9.36 Å². The lowest BCUT2D eigenvalue weighted by Crippen LogP contribution is -2.01.